The number of piperazine rings is 1. The van der Waals surface area contributed by atoms with Gasteiger partial charge in [-0.3, -0.25) is 14.6 Å². The van der Waals surface area contributed by atoms with Gasteiger partial charge in [-0.15, -0.1) is 0 Å². The molecule has 1 heterocycles. The molecule has 0 spiro atoms. The van der Waals surface area contributed by atoms with Crippen LogP contribution in [0.15, 0.2) is 91.0 Å². The summed E-state index contributed by atoms with van der Waals surface area (Å²) in [4.78, 5) is 17.5. The number of carbonyl (C=O) groups is 1. The molecule has 0 radical (unpaired) electrons. The molecule has 1 atom stereocenters. The number of ether oxygens (including phenoxy) is 1. The minimum Gasteiger partial charge on any atom is -0.489 e. The molecule has 1 aliphatic heterocycles. The maximum atomic E-state index is 12.8. The van der Waals surface area contributed by atoms with E-state index < -0.39 is 0 Å². The second kappa shape index (κ2) is 12.2. The van der Waals surface area contributed by atoms with E-state index in [1.165, 1.54) is 5.56 Å². The van der Waals surface area contributed by atoms with E-state index in [1.54, 1.807) is 0 Å². The van der Waals surface area contributed by atoms with Crippen molar-refractivity contribution in [2.45, 2.75) is 19.6 Å². The van der Waals surface area contributed by atoms with E-state index in [0.29, 0.717) is 6.61 Å². The van der Waals surface area contributed by atoms with Gasteiger partial charge in [-0.25, -0.2) is 0 Å². The average Bonchev–Trinajstić information content (AvgIpc) is 2.89. The van der Waals surface area contributed by atoms with Crippen LogP contribution in [0.2, 0.25) is 0 Å². The normalized spacial score (nSPS) is 15.8. The SMILES string of the molecule is CC(C(=O)Nc1ccc(OCc2ccccc2)cc1)N1CCN(C/C=C/c2ccccc2)CC1. The summed E-state index contributed by atoms with van der Waals surface area (Å²) >= 11 is 0. The van der Waals surface area contributed by atoms with Gasteiger partial charge in [0.25, 0.3) is 0 Å². The lowest BCUT2D eigenvalue weighted by Gasteiger charge is -2.37. The second-order valence-corrected chi connectivity index (χ2v) is 8.61. The molecule has 1 aliphatic rings. The molecule has 0 saturated carbocycles. The zero-order chi connectivity index (χ0) is 23.6. The molecule has 34 heavy (non-hydrogen) atoms. The predicted octanol–water partition coefficient (Wildman–Crippen LogP) is 4.92. The topological polar surface area (TPSA) is 44.8 Å². The minimum atomic E-state index is -0.170. The Hall–Kier alpha value is -3.41. The second-order valence-electron chi connectivity index (χ2n) is 8.61. The lowest BCUT2D eigenvalue weighted by Crippen LogP contribution is -2.52. The Labute approximate surface area is 202 Å². The predicted molar refractivity (Wildman–Crippen MR) is 139 cm³/mol. The van der Waals surface area contributed by atoms with E-state index in [1.807, 2.05) is 67.6 Å². The molecule has 1 fully saturated rings. The monoisotopic (exact) mass is 455 g/mol. The van der Waals surface area contributed by atoms with Gasteiger partial charge in [0.05, 0.1) is 6.04 Å². The van der Waals surface area contributed by atoms with Crippen LogP contribution in [0.1, 0.15) is 18.1 Å². The van der Waals surface area contributed by atoms with Gasteiger partial charge in [-0.05, 0) is 42.3 Å². The first-order valence-electron chi connectivity index (χ1n) is 11.9. The van der Waals surface area contributed by atoms with Crippen LogP contribution in [0.3, 0.4) is 0 Å². The Bertz CT molecular complexity index is 1040. The van der Waals surface area contributed by atoms with Crippen molar-refractivity contribution < 1.29 is 9.53 Å². The Kier molecular flexibility index (Phi) is 8.49. The summed E-state index contributed by atoms with van der Waals surface area (Å²) in [5, 5.41) is 3.04. The smallest absolute Gasteiger partial charge is 0.241 e. The van der Waals surface area contributed by atoms with Gasteiger partial charge >= 0.3 is 0 Å². The van der Waals surface area contributed by atoms with Crippen LogP contribution in [-0.2, 0) is 11.4 Å². The first kappa shape index (κ1) is 23.7. The van der Waals surface area contributed by atoms with Crippen LogP contribution in [0.5, 0.6) is 5.75 Å². The summed E-state index contributed by atoms with van der Waals surface area (Å²) < 4.78 is 5.83. The van der Waals surface area contributed by atoms with E-state index in [2.05, 4.69) is 51.5 Å². The average molecular weight is 456 g/mol. The van der Waals surface area contributed by atoms with Crippen LogP contribution >= 0.6 is 0 Å². The molecule has 0 bridgehead atoms. The molecule has 0 aliphatic carbocycles. The van der Waals surface area contributed by atoms with Gasteiger partial charge in [0.1, 0.15) is 12.4 Å². The molecule has 0 aromatic heterocycles. The molecule has 1 saturated heterocycles. The third-order valence-electron chi connectivity index (χ3n) is 6.18. The summed E-state index contributed by atoms with van der Waals surface area (Å²) in [6.45, 7) is 7.14. The van der Waals surface area contributed by atoms with Gasteiger partial charge < -0.3 is 10.1 Å². The van der Waals surface area contributed by atoms with E-state index in [4.69, 9.17) is 4.74 Å². The van der Waals surface area contributed by atoms with Crippen molar-refractivity contribution in [2.24, 2.45) is 0 Å². The highest BCUT2D eigenvalue weighted by atomic mass is 16.5. The van der Waals surface area contributed by atoms with Crippen molar-refractivity contribution in [3.8, 4) is 5.75 Å². The molecule has 5 heteroatoms. The highest BCUT2D eigenvalue weighted by molar-refractivity contribution is 5.94. The molecule has 176 valence electrons. The van der Waals surface area contributed by atoms with Crippen LogP contribution in [-0.4, -0.2) is 54.5 Å². The maximum absolute atomic E-state index is 12.8. The van der Waals surface area contributed by atoms with Crippen molar-refractivity contribution in [3.63, 3.8) is 0 Å². The molecular formula is C29H33N3O2. The Morgan fingerprint density at radius 1 is 0.912 bits per heavy atom. The fraction of sp³-hybridized carbons (Fsp3) is 0.276. The van der Waals surface area contributed by atoms with Crippen LogP contribution < -0.4 is 10.1 Å². The van der Waals surface area contributed by atoms with E-state index in [-0.39, 0.29) is 11.9 Å². The standard InChI is InChI=1S/C29H33N3O2/c1-24(32-21-19-31(20-22-32)18-8-13-25-9-4-2-5-10-25)29(33)30-27-14-16-28(17-15-27)34-23-26-11-6-3-7-12-26/h2-17,24H,18-23H2,1H3,(H,30,33)/b13-8+. The lowest BCUT2D eigenvalue weighted by molar-refractivity contribution is -0.121. The summed E-state index contributed by atoms with van der Waals surface area (Å²) in [5.41, 5.74) is 3.14. The molecule has 3 aromatic rings. The van der Waals surface area contributed by atoms with Crippen LogP contribution in [0, 0.1) is 0 Å². The summed E-state index contributed by atoms with van der Waals surface area (Å²) in [6.07, 6.45) is 4.38. The number of nitrogens with one attached hydrogen (secondary N) is 1. The summed E-state index contributed by atoms with van der Waals surface area (Å²) in [6, 6.07) is 27.8. The number of hydrogen-bond donors (Lipinski definition) is 1. The van der Waals surface area contributed by atoms with Gasteiger partial charge in [-0.1, -0.05) is 72.8 Å². The number of nitrogens with zero attached hydrogens (tertiary/aromatic N) is 2. The van der Waals surface area contributed by atoms with Gasteiger partial charge in [0, 0.05) is 38.4 Å². The summed E-state index contributed by atoms with van der Waals surface area (Å²) in [7, 11) is 0. The van der Waals surface area contributed by atoms with Gasteiger partial charge in [0.2, 0.25) is 5.91 Å². The Morgan fingerprint density at radius 2 is 1.56 bits per heavy atom. The molecule has 4 rings (SSSR count). The molecule has 3 aromatic carbocycles. The van der Waals surface area contributed by atoms with Crippen molar-refractivity contribution >= 4 is 17.7 Å². The third-order valence-corrected chi connectivity index (χ3v) is 6.18. The first-order valence-corrected chi connectivity index (χ1v) is 11.9. The fourth-order valence-electron chi connectivity index (χ4n) is 4.02. The molecule has 1 unspecified atom stereocenters. The van der Waals surface area contributed by atoms with Gasteiger partial charge in [-0.2, -0.15) is 0 Å². The van der Waals surface area contributed by atoms with Crippen molar-refractivity contribution in [2.75, 3.05) is 38.0 Å². The molecular weight excluding hydrogens is 422 g/mol. The maximum Gasteiger partial charge on any atom is 0.241 e. The lowest BCUT2D eigenvalue weighted by atomic mass is 10.2. The number of amides is 1. The number of benzene rings is 3. The van der Waals surface area contributed by atoms with E-state index in [9.17, 15) is 4.79 Å². The van der Waals surface area contributed by atoms with E-state index in [0.717, 1.165) is 49.7 Å². The molecule has 1 N–H and O–H groups in total. The quantitative estimate of drug-likeness (QED) is 0.497. The van der Waals surface area contributed by atoms with E-state index >= 15 is 0 Å². The van der Waals surface area contributed by atoms with Crippen LogP contribution in [0.25, 0.3) is 6.08 Å². The third kappa shape index (κ3) is 7.04. The Morgan fingerprint density at radius 3 is 2.24 bits per heavy atom. The number of carbonyl (C=O) groups excluding carboxylic acids is 1. The van der Waals surface area contributed by atoms with Crippen LogP contribution in [0.4, 0.5) is 5.69 Å². The molecule has 5 nitrogen and oxygen atoms in total. The minimum absolute atomic E-state index is 0.0235. The fourth-order valence-corrected chi connectivity index (χ4v) is 4.02. The highest BCUT2D eigenvalue weighted by Gasteiger charge is 2.25. The first-order chi connectivity index (χ1) is 16.7. The molecule has 1 amide bonds. The van der Waals surface area contributed by atoms with Crippen molar-refractivity contribution in [1.82, 2.24) is 9.80 Å². The zero-order valence-electron chi connectivity index (χ0n) is 19.8. The summed E-state index contributed by atoms with van der Waals surface area (Å²) in [5.74, 6) is 0.808. The van der Waals surface area contributed by atoms with Crippen molar-refractivity contribution in [3.05, 3.63) is 102 Å². The number of rotatable bonds is 9. The van der Waals surface area contributed by atoms with Crippen molar-refractivity contribution in [1.29, 1.82) is 0 Å². The zero-order valence-corrected chi connectivity index (χ0v) is 19.8. The number of anilines is 1. The number of hydrogen-bond acceptors (Lipinski definition) is 4. The van der Waals surface area contributed by atoms with Gasteiger partial charge in [0.15, 0.2) is 0 Å². The Balaban J connectivity index is 1.19. The largest absolute Gasteiger partial charge is 0.489 e. The highest BCUT2D eigenvalue weighted by Crippen LogP contribution is 2.18.